The molecule has 17 heavy (non-hydrogen) atoms. The first kappa shape index (κ1) is 11.5. The SMILES string of the molecule is C=CCc1c(O)cc(C)c2c(=O)cc(C)oc12. The van der Waals surface area contributed by atoms with Gasteiger partial charge in [0.25, 0.3) is 0 Å². The molecule has 2 rings (SSSR count). The van der Waals surface area contributed by atoms with Gasteiger partial charge in [-0.25, -0.2) is 0 Å². The van der Waals surface area contributed by atoms with Crippen molar-refractivity contribution in [1.29, 1.82) is 0 Å². The Kier molecular flexibility index (Phi) is 2.76. The molecule has 0 amide bonds. The fourth-order valence-corrected chi connectivity index (χ4v) is 2.02. The Balaban J connectivity index is 2.99. The van der Waals surface area contributed by atoms with Gasteiger partial charge < -0.3 is 9.52 Å². The number of phenols is 1. The van der Waals surface area contributed by atoms with Crippen LogP contribution in [-0.4, -0.2) is 5.11 Å². The monoisotopic (exact) mass is 230 g/mol. The Morgan fingerprint density at radius 1 is 1.41 bits per heavy atom. The molecule has 0 aliphatic carbocycles. The van der Waals surface area contributed by atoms with Gasteiger partial charge >= 0.3 is 0 Å². The van der Waals surface area contributed by atoms with E-state index in [1.54, 1.807) is 26.0 Å². The van der Waals surface area contributed by atoms with Crippen LogP contribution >= 0.6 is 0 Å². The van der Waals surface area contributed by atoms with Crippen molar-refractivity contribution < 1.29 is 9.52 Å². The zero-order chi connectivity index (χ0) is 12.6. The number of fused-ring (bicyclic) bond motifs is 1. The molecular weight excluding hydrogens is 216 g/mol. The van der Waals surface area contributed by atoms with Gasteiger partial charge in [-0.05, 0) is 31.9 Å². The number of allylic oxidation sites excluding steroid dienone is 1. The summed E-state index contributed by atoms with van der Waals surface area (Å²) in [5.74, 6) is 0.682. The van der Waals surface area contributed by atoms with Gasteiger partial charge in [-0.1, -0.05) is 6.08 Å². The van der Waals surface area contributed by atoms with E-state index in [2.05, 4.69) is 6.58 Å². The molecule has 1 aromatic carbocycles. The van der Waals surface area contributed by atoms with E-state index in [0.717, 1.165) is 5.56 Å². The van der Waals surface area contributed by atoms with Gasteiger partial charge in [-0.3, -0.25) is 4.79 Å². The largest absolute Gasteiger partial charge is 0.508 e. The third kappa shape index (κ3) is 1.84. The summed E-state index contributed by atoms with van der Waals surface area (Å²) in [4.78, 5) is 11.9. The second-order valence-corrected chi connectivity index (χ2v) is 4.11. The van der Waals surface area contributed by atoms with Crippen molar-refractivity contribution >= 4 is 11.0 Å². The fraction of sp³-hybridized carbons (Fsp3) is 0.214. The average molecular weight is 230 g/mol. The topological polar surface area (TPSA) is 50.4 Å². The minimum absolute atomic E-state index is 0.0773. The normalized spacial score (nSPS) is 10.7. The molecule has 1 heterocycles. The van der Waals surface area contributed by atoms with E-state index in [1.807, 2.05) is 0 Å². The second kappa shape index (κ2) is 4.09. The second-order valence-electron chi connectivity index (χ2n) is 4.11. The highest BCUT2D eigenvalue weighted by Crippen LogP contribution is 2.29. The van der Waals surface area contributed by atoms with Crippen LogP contribution in [0, 0.1) is 13.8 Å². The van der Waals surface area contributed by atoms with Gasteiger partial charge in [0, 0.05) is 11.6 Å². The number of aromatic hydroxyl groups is 1. The molecule has 0 aliphatic rings. The highest BCUT2D eigenvalue weighted by molar-refractivity contribution is 5.85. The van der Waals surface area contributed by atoms with Crippen LogP contribution in [0.4, 0.5) is 0 Å². The molecule has 0 saturated carbocycles. The Morgan fingerprint density at radius 3 is 2.76 bits per heavy atom. The first-order valence-corrected chi connectivity index (χ1v) is 5.41. The summed E-state index contributed by atoms with van der Waals surface area (Å²) >= 11 is 0. The van der Waals surface area contributed by atoms with Gasteiger partial charge in [0.05, 0.1) is 5.39 Å². The van der Waals surface area contributed by atoms with Gasteiger partial charge in [0.2, 0.25) is 0 Å². The Morgan fingerprint density at radius 2 is 2.12 bits per heavy atom. The lowest BCUT2D eigenvalue weighted by molar-refractivity contribution is 0.466. The molecule has 2 aromatic rings. The Hall–Kier alpha value is -2.03. The molecule has 0 bridgehead atoms. The zero-order valence-electron chi connectivity index (χ0n) is 9.91. The Bertz CT molecular complexity index is 651. The maximum Gasteiger partial charge on any atom is 0.193 e. The Labute approximate surface area is 99.0 Å². The van der Waals surface area contributed by atoms with Gasteiger partial charge in [0.1, 0.15) is 17.1 Å². The summed E-state index contributed by atoms with van der Waals surface area (Å²) in [6.45, 7) is 7.14. The van der Waals surface area contributed by atoms with E-state index in [1.165, 1.54) is 6.07 Å². The van der Waals surface area contributed by atoms with Crippen LogP contribution in [0.1, 0.15) is 16.9 Å². The van der Waals surface area contributed by atoms with Crippen LogP contribution in [0.5, 0.6) is 5.75 Å². The molecule has 1 aromatic heterocycles. The van der Waals surface area contributed by atoms with E-state index < -0.39 is 0 Å². The lowest BCUT2D eigenvalue weighted by Crippen LogP contribution is -2.04. The van der Waals surface area contributed by atoms with Crippen molar-refractivity contribution in [3.8, 4) is 5.75 Å². The molecule has 88 valence electrons. The van der Waals surface area contributed by atoms with Crippen LogP contribution < -0.4 is 5.43 Å². The summed E-state index contributed by atoms with van der Waals surface area (Å²) in [5.41, 5.74) is 1.72. The van der Waals surface area contributed by atoms with Crippen molar-refractivity contribution in [1.82, 2.24) is 0 Å². The first-order chi connectivity index (χ1) is 8.04. The minimum atomic E-state index is -0.0773. The first-order valence-electron chi connectivity index (χ1n) is 5.41. The van der Waals surface area contributed by atoms with Crippen molar-refractivity contribution in [2.75, 3.05) is 0 Å². The number of benzene rings is 1. The average Bonchev–Trinajstić information content (AvgIpc) is 2.22. The molecule has 0 fully saturated rings. The molecule has 0 unspecified atom stereocenters. The number of rotatable bonds is 2. The van der Waals surface area contributed by atoms with Gasteiger partial charge in [-0.2, -0.15) is 0 Å². The molecule has 1 N–H and O–H groups in total. The van der Waals surface area contributed by atoms with Gasteiger partial charge in [0.15, 0.2) is 5.43 Å². The van der Waals surface area contributed by atoms with Crippen molar-refractivity contribution in [2.45, 2.75) is 20.3 Å². The number of phenolic OH excluding ortho intramolecular Hbond substituents is 1. The van der Waals surface area contributed by atoms with E-state index in [-0.39, 0.29) is 11.2 Å². The van der Waals surface area contributed by atoms with Crippen molar-refractivity contribution in [2.24, 2.45) is 0 Å². The van der Waals surface area contributed by atoms with Crippen molar-refractivity contribution in [3.05, 3.63) is 51.9 Å². The number of hydrogen-bond donors (Lipinski definition) is 1. The highest BCUT2D eigenvalue weighted by atomic mass is 16.3. The van der Waals surface area contributed by atoms with E-state index in [0.29, 0.717) is 28.7 Å². The zero-order valence-corrected chi connectivity index (χ0v) is 9.91. The maximum absolute atomic E-state index is 11.9. The lowest BCUT2D eigenvalue weighted by Gasteiger charge is -2.09. The highest BCUT2D eigenvalue weighted by Gasteiger charge is 2.13. The van der Waals surface area contributed by atoms with Crippen LogP contribution in [0.2, 0.25) is 0 Å². The van der Waals surface area contributed by atoms with E-state index in [4.69, 9.17) is 4.42 Å². The quantitative estimate of drug-likeness (QED) is 0.807. The van der Waals surface area contributed by atoms with Crippen LogP contribution in [0.25, 0.3) is 11.0 Å². The molecule has 0 saturated heterocycles. The van der Waals surface area contributed by atoms with Gasteiger partial charge in [-0.15, -0.1) is 6.58 Å². The predicted octanol–water partition coefficient (Wildman–Crippen LogP) is 2.84. The third-order valence-electron chi connectivity index (χ3n) is 2.75. The predicted molar refractivity (Wildman–Crippen MR) is 67.5 cm³/mol. The number of aryl methyl sites for hydroxylation is 2. The fourth-order valence-electron chi connectivity index (χ4n) is 2.02. The summed E-state index contributed by atoms with van der Waals surface area (Å²) in [5, 5.41) is 10.4. The van der Waals surface area contributed by atoms with E-state index >= 15 is 0 Å². The number of hydrogen-bond acceptors (Lipinski definition) is 3. The summed E-state index contributed by atoms with van der Waals surface area (Å²) in [6, 6.07) is 3.05. The third-order valence-corrected chi connectivity index (χ3v) is 2.75. The summed E-state index contributed by atoms with van der Waals surface area (Å²) in [7, 11) is 0. The maximum atomic E-state index is 11.9. The minimum Gasteiger partial charge on any atom is -0.508 e. The molecule has 0 radical (unpaired) electrons. The molecule has 0 spiro atoms. The smallest absolute Gasteiger partial charge is 0.193 e. The van der Waals surface area contributed by atoms with Crippen LogP contribution in [0.15, 0.2) is 34.0 Å². The van der Waals surface area contributed by atoms with Crippen LogP contribution in [-0.2, 0) is 6.42 Å². The van der Waals surface area contributed by atoms with E-state index in [9.17, 15) is 9.90 Å². The summed E-state index contributed by atoms with van der Waals surface area (Å²) < 4.78 is 5.58. The molecule has 3 nitrogen and oxygen atoms in total. The molecule has 3 heteroatoms. The summed E-state index contributed by atoms with van der Waals surface area (Å²) in [6.07, 6.45) is 2.14. The molecule has 0 atom stereocenters. The molecule has 0 aliphatic heterocycles. The lowest BCUT2D eigenvalue weighted by atomic mass is 10.0. The molecular formula is C14H14O3. The van der Waals surface area contributed by atoms with Crippen LogP contribution in [0.3, 0.4) is 0 Å². The standard InChI is InChI=1S/C14H14O3/c1-4-5-10-11(15)6-8(2)13-12(16)7-9(3)17-14(10)13/h4,6-7,15H,1,5H2,2-3H3. The van der Waals surface area contributed by atoms with Crippen molar-refractivity contribution in [3.63, 3.8) is 0 Å².